The van der Waals surface area contributed by atoms with E-state index in [1.54, 1.807) is 6.08 Å². The van der Waals surface area contributed by atoms with Crippen LogP contribution in [0.3, 0.4) is 0 Å². The molecule has 60 valence electrons. The van der Waals surface area contributed by atoms with E-state index in [-0.39, 0.29) is 5.78 Å². The van der Waals surface area contributed by atoms with E-state index in [2.05, 4.69) is 0 Å². The molecule has 1 rings (SSSR count). The maximum absolute atomic E-state index is 10.3. The minimum absolute atomic E-state index is 0.155. The van der Waals surface area contributed by atoms with Crippen LogP contribution in [0.1, 0.15) is 13.8 Å². The molecule has 0 aromatic heterocycles. The van der Waals surface area contributed by atoms with Crippen molar-refractivity contribution < 1.29 is 14.7 Å². The molecule has 0 aliphatic heterocycles. The molecule has 0 radical (unpaired) electrons. The molecule has 3 nitrogen and oxygen atoms in total. The zero-order valence-corrected chi connectivity index (χ0v) is 6.50. The summed E-state index contributed by atoms with van der Waals surface area (Å²) in [6.07, 6.45) is 5.18. The Morgan fingerprint density at radius 2 is 2.00 bits per heavy atom. The second kappa shape index (κ2) is 4.44. The first-order chi connectivity index (χ1) is 5.07. The topological polar surface area (TPSA) is 54.4 Å². The summed E-state index contributed by atoms with van der Waals surface area (Å²) in [5, 5.41) is 7.42. The van der Waals surface area contributed by atoms with Crippen LogP contribution in [0.4, 0.5) is 0 Å². The second-order valence-electron chi connectivity index (χ2n) is 1.96. The van der Waals surface area contributed by atoms with E-state index in [0.717, 1.165) is 12.5 Å². The van der Waals surface area contributed by atoms with Crippen LogP contribution in [-0.2, 0) is 9.59 Å². The Balaban J connectivity index is 0.000000218. The van der Waals surface area contributed by atoms with Gasteiger partial charge in [-0.05, 0) is 19.1 Å². The molecule has 1 N–H and O–H groups in total. The summed E-state index contributed by atoms with van der Waals surface area (Å²) in [4.78, 5) is 19.3. The van der Waals surface area contributed by atoms with Gasteiger partial charge in [0.05, 0.1) is 0 Å². The van der Waals surface area contributed by atoms with E-state index in [4.69, 9.17) is 9.90 Å². The maximum atomic E-state index is 10.3. The van der Waals surface area contributed by atoms with Crippen LogP contribution < -0.4 is 0 Å². The highest BCUT2D eigenvalue weighted by Gasteiger charge is 2.08. The van der Waals surface area contributed by atoms with Gasteiger partial charge in [0.2, 0.25) is 0 Å². The van der Waals surface area contributed by atoms with E-state index in [9.17, 15) is 4.79 Å². The number of carboxylic acids is 1. The number of hydrogen-bond donors (Lipinski definition) is 1. The highest BCUT2D eigenvalue weighted by atomic mass is 16.4. The van der Waals surface area contributed by atoms with Crippen LogP contribution in [0.15, 0.2) is 23.8 Å². The molecule has 1 aliphatic carbocycles. The molecule has 11 heavy (non-hydrogen) atoms. The minimum atomic E-state index is -0.833. The summed E-state index contributed by atoms with van der Waals surface area (Å²) in [5.74, 6) is -0.678. The summed E-state index contributed by atoms with van der Waals surface area (Å²) in [5.41, 5.74) is 0.833. The quantitative estimate of drug-likeness (QED) is 0.533. The largest absolute Gasteiger partial charge is 0.481 e. The number of carboxylic acid groups (broad SMARTS) is 1. The van der Waals surface area contributed by atoms with Crippen LogP contribution in [0.5, 0.6) is 0 Å². The van der Waals surface area contributed by atoms with Crippen LogP contribution in [0.25, 0.3) is 0 Å². The van der Waals surface area contributed by atoms with Crippen molar-refractivity contribution in [3.8, 4) is 0 Å². The highest BCUT2D eigenvalue weighted by molar-refractivity contribution is 6.13. The van der Waals surface area contributed by atoms with Gasteiger partial charge in [-0.3, -0.25) is 9.59 Å². The van der Waals surface area contributed by atoms with Crippen LogP contribution in [-0.4, -0.2) is 16.9 Å². The Morgan fingerprint density at radius 3 is 2.00 bits per heavy atom. The molecular weight excluding hydrogens is 144 g/mol. The predicted molar refractivity (Wildman–Crippen MR) is 41.2 cm³/mol. The van der Waals surface area contributed by atoms with Gasteiger partial charge in [-0.2, -0.15) is 0 Å². The first kappa shape index (κ1) is 9.62. The van der Waals surface area contributed by atoms with Crippen molar-refractivity contribution in [1.29, 1.82) is 0 Å². The number of aliphatic carboxylic acids is 1. The first-order valence-corrected chi connectivity index (χ1v) is 3.16. The maximum Gasteiger partial charge on any atom is 0.300 e. The Hall–Kier alpha value is -1.38. The molecule has 0 amide bonds. The van der Waals surface area contributed by atoms with Gasteiger partial charge in [0, 0.05) is 12.5 Å². The van der Waals surface area contributed by atoms with E-state index in [0.29, 0.717) is 0 Å². The average Bonchev–Trinajstić information content (AvgIpc) is 1.85. The zero-order valence-electron chi connectivity index (χ0n) is 6.50. The second-order valence-corrected chi connectivity index (χ2v) is 1.96. The molecule has 0 saturated carbocycles. The molecule has 0 spiro atoms. The van der Waals surface area contributed by atoms with E-state index >= 15 is 0 Å². The Kier molecular flexibility index (Phi) is 3.88. The monoisotopic (exact) mass is 154 g/mol. The molecule has 1 aliphatic rings. The third kappa shape index (κ3) is 4.08. The van der Waals surface area contributed by atoms with Crippen molar-refractivity contribution in [1.82, 2.24) is 0 Å². The lowest BCUT2D eigenvalue weighted by atomic mass is 10.0. The van der Waals surface area contributed by atoms with Gasteiger partial charge in [0.25, 0.3) is 5.97 Å². The molecule has 0 bridgehead atoms. The number of rotatable bonds is 0. The van der Waals surface area contributed by atoms with Crippen LogP contribution >= 0.6 is 0 Å². The van der Waals surface area contributed by atoms with Crippen LogP contribution in [0, 0.1) is 0 Å². The van der Waals surface area contributed by atoms with Crippen molar-refractivity contribution in [2.75, 3.05) is 0 Å². The normalized spacial score (nSPS) is 16.9. The van der Waals surface area contributed by atoms with E-state index < -0.39 is 5.97 Å². The van der Waals surface area contributed by atoms with E-state index in [1.165, 1.54) is 0 Å². The van der Waals surface area contributed by atoms with Crippen molar-refractivity contribution in [2.24, 2.45) is 0 Å². The first-order valence-electron chi connectivity index (χ1n) is 3.16. The number of hydrogen-bond acceptors (Lipinski definition) is 2. The summed E-state index contributed by atoms with van der Waals surface area (Å²) < 4.78 is 0. The fraction of sp³-hybridized carbons (Fsp3) is 0.250. The van der Waals surface area contributed by atoms with Gasteiger partial charge in [0.15, 0.2) is 5.78 Å². The van der Waals surface area contributed by atoms with Crippen molar-refractivity contribution in [2.45, 2.75) is 13.8 Å². The molecule has 0 aromatic rings. The third-order valence-corrected chi connectivity index (χ3v) is 1.01. The number of carbonyl (C=O) groups is 2. The predicted octanol–water partition coefficient (Wildman–Crippen LogP) is 1.16. The zero-order chi connectivity index (χ0) is 8.85. The Labute approximate surface area is 65.0 Å². The van der Waals surface area contributed by atoms with Gasteiger partial charge in [0.1, 0.15) is 0 Å². The fourth-order valence-corrected chi connectivity index (χ4v) is 0.486. The van der Waals surface area contributed by atoms with Crippen molar-refractivity contribution in [3.05, 3.63) is 23.8 Å². The standard InChI is InChI=1S/C6H6O.C2H4O2/c1-2-5-3-4-6(5)7;1-2(3)4/h2-4H,1H3;1H3,(H,3,4). The number of ketones is 1. The molecule has 0 heterocycles. The Morgan fingerprint density at radius 1 is 1.55 bits per heavy atom. The Bertz CT molecular complexity index is 219. The summed E-state index contributed by atoms with van der Waals surface area (Å²) in [6.45, 7) is 2.94. The summed E-state index contributed by atoms with van der Waals surface area (Å²) in [6, 6.07) is 0. The third-order valence-electron chi connectivity index (χ3n) is 1.01. The van der Waals surface area contributed by atoms with E-state index in [1.807, 2.05) is 19.1 Å². The molecule has 0 aromatic carbocycles. The average molecular weight is 154 g/mol. The van der Waals surface area contributed by atoms with Crippen molar-refractivity contribution >= 4 is 11.8 Å². The number of carbonyl (C=O) groups excluding carboxylic acids is 1. The lowest BCUT2D eigenvalue weighted by Crippen LogP contribution is -2.03. The lowest BCUT2D eigenvalue weighted by molar-refractivity contribution is -0.134. The molecule has 0 fully saturated rings. The molecule has 0 atom stereocenters. The SMILES string of the molecule is CC(=O)O.CC=C1C=CC1=O. The smallest absolute Gasteiger partial charge is 0.300 e. The van der Waals surface area contributed by atoms with Gasteiger partial charge >= 0.3 is 0 Å². The molecule has 0 saturated heterocycles. The highest BCUT2D eigenvalue weighted by Crippen LogP contribution is 2.08. The lowest BCUT2D eigenvalue weighted by Gasteiger charge is -2.01. The number of allylic oxidation sites excluding steroid dienone is 4. The summed E-state index contributed by atoms with van der Waals surface area (Å²) >= 11 is 0. The summed E-state index contributed by atoms with van der Waals surface area (Å²) in [7, 11) is 0. The molecule has 3 heteroatoms. The fourth-order valence-electron chi connectivity index (χ4n) is 0.486. The van der Waals surface area contributed by atoms with Crippen LogP contribution in [0.2, 0.25) is 0 Å². The minimum Gasteiger partial charge on any atom is -0.481 e. The molecular formula is C8H10O3. The van der Waals surface area contributed by atoms with Gasteiger partial charge < -0.3 is 5.11 Å². The van der Waals surface area contributed by atoms with Gasteiger partial charge in [-0.25, -0.2) is 0 Å². The molecule has 0 unspecified atom stereocenters. The van der Waals surface area contributed by atoms with Crippen molar-refractivity contribution in [3.63, 3.8) is 0 Å². The van der Waals surface area contributed by atoms with Gasteiger partial charge in [-0.1, -0.05) is 6.08 Å². The van der Waals surface area contributed by atoms with Gasteiger partial charge in [-0.15, -0.1) is 0 Å².